The molecule has 132 valence electrons. The second-order valence-electron chi connectivity index (χ2n) is 5.68. The first-order valence-corrected chi connectivity index (χ1v) is 9.00. The fraction of sp³-hybridized carbons (Fsp3) is 0.118. The minimum Gasteiger partial charge on any atom is -0.455 e. The molecular formula is C17H10BrCl2N3O3. The fourth-order valence-corrected chi connectivity index (χ4v) is 3.83. The normalized spacial score (nSPS) is 21.3. The number of halogens is 3. The van der Waals surface area contributed by atoms with Crippen LogP contribution in [0.2, 0.25) is 10.0 Å². The van der Waals surface area contributed by atoms with Gasteiger partial charge in [-0.05, 0) is 36.4 Å². The Bertz CT molecular complexity index is 1010. The molecule has 0 fully saturated rings. The van der Waals surface area contributed by atoms with Crippen molar-refractivity contribution in [2.24, 2.45) is 0 Å². The van der Waals surface area contributed by atoms with E-state index in [0.717, 1.165) is 4.47 Å². The molecular weight excluding hydrogens is 445 g/mol. The molecule has 0 radical (unpaired) electrons. The molecule has 1 aliphatic rings. The van der Waals surface area contributed by atoms with Crippen molar-refractivity contribution in [3.05, 3.63) is 74.7 Å². The van der Waals surface area contributed by atoms with Crippen LogP contribution in [0.1, 0.15) is 22.0 Å². The van der Waals surface area contributed by atoms with E-state index in [1.54, 1.807) is 24.3 Å². The molecule has 4 rings (SSSR count). The Morgan fingerprint density at radius 3 is 2.77 bits per heavy atom. The summed E-state index contributed by atoms with van der Waals surface area (Å²) in [6, 6.07) is 9.59. The highest BCUT2D eigenvalue weighted by atomic mass is 79.9. The molecule has 0 bridgehead atoms. The Labute approximate surface area is 166 Å². The number of carbonyl (C=O) groups is 1. The van der Waals surface area contributed by atoms with E-state index in [0.29, 0.717) is 16.3 Å². The van der Waals surface area contributed by atoms with Gasteiger partial charge >= 0.3 is 0 Å². The number of hydrogen-bond acceptors (Lipinski definition) is 5. The summed E-state index contributed by atoms with van der Waals surface area (Å²) in [7, 11) is 0. The van der Waals surface area contributed by atoms with E-state index < -0.39 is 17.6 Å². The Morgan fingerprint density at radius 2 is 2.08 bits per heavy atom. The number of carbonyl (C=O) groups excluding carboxylic acids is 1. The summed E-state index contributed by atoms with van der Waals surface area (Å²) in [5.74, 6) is -0.195. The number of benzene rings is 2. The van der Waals surface area contributed by atoms with Gasteiger partial charge in [-0.2, -0.15) is 5.10 Å². The van der Waals surface area contributed by atoms with Gasteiger partial charge in [-0.25, -0.2) is 9.67 Å². The molecule has 1 N–H and O–H groups in total. The van der Waals surface area contributed by atoms with Gasteiger partial charge in [0.15, 0.2) is 6.10 Å². The zero-order chi connectivity index (χ0) is 18.5. The summed E-state index contributed by atoms with van der Waals surface area (Å²) in [5.41, 5.74) is -1.26. The maximum Gasteiger partial charge on any atom is 0.296 e. The largest absolute Gasteiger partial charge is 0.455 e. The van der Waals surface area contributed by atoms with Crippen LogP contribution in [-0.4, -0.2) is 25.7 Å². The molecule has 26 heavy (non-hydrogen) atoms. The minimum absolute atomic E-state index is 0.148. The lowest BCUT2D eigenvalue weighted by molar-refractivity contribution is -0.0685. The van der Waals surface area contributed by atoms with Crippen molar-refractivity contribution in [1.82, 2.24) is 14.8 Å². The number of aliphatic hydroxyl groups is 1. The highest BCUT2D eigenvalue weighted by Crippen LogP contribution is 2.48. The predicted molar refractivity (Wildman–Crippen MR) is 98.5 cm³/mol. The molecule has 0 saturated heterocycles. The van der Waals surface area contributed by atoms with Crippen LogP contribution in [-0.2, 0) is 5.72 Å². The zero-order valence-electron chi connectivity index (χ0n) is 12.9. The zero-order valence-corrected chi connectivity index (χ0v) is 16.0. The first-order chi connectivity index (χ1) is 12.4. The predicted octanol–water partition coefficient (Wildman–Crippen LogP) is 4.01. The minimum atomic E-state index is -1.86. The van der Waals surface area contributed by atoms with Crippen molar-refractivity contribution in [2.45, 2.75) is 11.8 Å². The number of Topliss-reactive ketones (excluding diaryl/α,β-unsaturated/α-hetero) is 1. The third kappa shape index (κ3) is 2.54. The van der Waals surface area contributed by atoms with E-state index in [9.17, 15) is 9.90 Å². The maximum atomic E-state index is 13.5. The average molecular weight is 455 g/mol. The van der Waals surface area contributed by atoms with Crippen molar-refractivity contribution < 1.29 is 14.6 Å². The van der Waals surface area contributed by atoms with Gasteiger partial charge < -0.3 is 9.84 Å². The summed E-state index contributed by atoms with van der Waals surface area (Å²) in [6.07, 6.45) is 1.25. The summed E-state index contributed by atoms with van der Waals surface area (Å²) < 4.78 is 7.89. The van der Waals surface area contributed by atoms with Crippen LogP contribution in [0.25, 0.3) is 0 Å². The number of aliphatic hydroxyl groups excluding tert-OH is 1. The first-order valence-electron chi connectivity index (χ1n) is 7.45. The van der Waals surface area contributed by atoms with Crippen molar-refractivity contribution in [1.29, 1.82) is 0 Å². The van der Waals surface area contributed by atoms with E-state index in [4.69, 9.17) is 27.9 Å². The second-order valence-corrected chi connectivity index (χ2v) is 7.44. The molecule has 0 unspecified atom stereocenters. The highest BCUT2D eigenvalue weighted by molar-refractivity contribution is 9.10. The van der Waals surface area contributed by atoms with Crippen molar-refractivity contribution in [3.63, 3.8) is 0 Å². The first kappa shape index (κ1) is 17.5. The van der Waals surface area contributed by atoms with Crippen molar-refractivity contribution in [3.8, 4) is 5.75 Å². The van der Waals surface area contributed by atoms with Gasteiger partial charge in [-0.1, -0.05) is 39.1 Å². The number of nitrogens with zero attached hydrogens (tertiary/aromatic N) is 3. The van der Waals surface area contributed by atoms with Crippen molar-refractivity contribution in [2.75, 3.05) is 0 Å². The highest BCUT2D eigenvalue weighted by Gasteiger charge is 2.57. The van der Waals surface area contributed by atoms with Gasteiger partial charge in [0.05, 0.1) is 5.02 Å². The van der Waals surface area contributed by atoms with Gasteiger partial charge in [0.25, 0.3) is 5.72 Å². The lowest BCUT2D eigenvalue weighted by atomic mass is 9.93. The van der Waals surface area contributed by atoms with Gasteiger partial charge in [0.2, 0.25) is 5.78 Å². The van der Waals surface area contributed by atoms with Gasteiger partial charge in [0.1, 0.15) is 18.4 Å². The fourth-order valence-electron chi connectivity index (χ4n) is 2.95. The third-order valence-corrected chi connectivity index (χ3v) is 5.20. The standard InChI is InChI=1S/C17H10BrCl2N3O3/c18-9-1-4-14-12(5-9)16(25)17(26-14,23-8-21-7-22-23)15(24)11-3-2-10(19)6-13(11)20/h1-8,16,25H/t16-,17+/m0/s1. The van der Waals surface area contributed by atoms with E-state index in [-0.39, 0.29) is 10.6 Å². The summed E-state index contributed by atoms with van der Waals surface area (Å²) >= 11 is 15.5. The van der Waals surface area contributed by atoms with Crippen LogP contribution in [0.5, 0.6) is 5.75 Å². The SMILES string of the molecule is O=C(c1ccc(Cl)cc1Cl)[C@@]1(n2cncn2)Oc2ccc(Br)cc2[C@@H]1O. The molecule has 1 aromatic heterocycles. The Balaban J connectivity index is 1.91. The second kappa shape index (κ2) is 6.35. The number of fused-ring (bicyclic) bond motifs is 1. The van der Waals surface area contributed by atoms with Crippen molar-refractivity contribution >= 4 is 44.9 Å². The van der Waals surface area contributed by atoms with E-state index in [1.165, 1.54) is 29.5 Å². The third-order valence-electron chi connectivity index (χ3n) is 4.16. The van der Waals surface area contributed by atoms with E-state index >= 15 is 0 Å². The summed E-state index contributed by atoms with van der Waals surface area (Å²) in [5, 5.41) is 15.6. The van der Waals surface area contributed by atoms with Gasteiger partial charge in [-0.3, -0.25) is 4.79 Å². The van der Waals surface area contributed by atoms with E-state index in [2.05, 4.69) is 26.0 Å². The van der Waals surface area contributed by atoms with Crippen LogP contribution in [0.15, 0.2) is 53.5 Å². The molecule has 1 aliphatic heterocycles. The average Bonchev–Trinajstić information content (AvgIpc) is 3.22. The number of ketones is 1. The monoisotopic (exact) mass is 453 g/mol. The molecule has 2 atom stereocenters. The quantitative estimate of drug-likeness (QED) is 0.605. The molecule has 0 amide bonds. The summed E-state index contributed by atoms with van der Waals surface area (Å²) in [4.78, 5) is 17.3. The molecule has 9 heteroatoms. The topological polar surface area (TPSA) is 77.2 Å². The van der Waals surface area contributed by atoms with Crippen LogP contribution in [0, 0.1) is 0 Å². The van der Waals surface area contributed by atoms with Crippen LogP contribution in [0.4, 0.5) is 0 Å². The lowest BCUT2D eigenvalue weighted by Gasteiger charge is -2.30. The lowest BCUT2D eigenvalue weighted by Crippen LogP contribution is -2.49. The van der Waals surface area contributed by atoms with Crippen LogP contribution < -0.4 is 4.74 Å². The number of rotatable bonds is 3. The molecule has 0 spiro atoms. The molecule has 3 aromatic rings. The molecule has 2 aromatic carbocycles. The van der Waals surface area contributed by atoms with Gasteiger partial charge in [0, 0.05) is 20.6 Å². The maximum absolute atomic E-state index is 13.5. The Hall–Kier alpha value is -1.93. The number of aromatic nitrogens is 3. The van der Waals surface area contributed by atoms with Gasteiger partial charge in [-0.15, -0.1) is 0 Å². The van der Waals surface area contributed by atoms with Crippen LogP contribution in [0.3, 0.4) is 0 Å². The molecule has 6 nitrogen and oxygen atoms in total. The molecule has 0 saturated carbocycles. The summed E-state index contributed by atoms with van der Waals surface area (Å²) in [6.45, 7) is 0. The Kier molecular flexibility index (Phi) is 4.27. The van der Waals surface area contributed by atoms with Crippen LogP contribution >= 0.6 is 39.1 Å². The molecule has 2 heterocycles. The number of ether oxygens (including phenoxy) is 1. The molecule has 0 aliphatic carbocycles. The van der Waals surface area contributed by atoms with E-state index in [1.807, 2.05) is 0 Å². The number of hydrogen-bond donors (Lipinski definition) is 1. The smallest absolute Gasteiger partial charge is 0.296 e. The Morgan fingerprint density at radius 1 is 1.27 bits per heavy atom.